The summed E-state index contributed by atoms with van der Waals surface area (Å²) in [5.41, 5.74) is 15.7. The van der Waals surface area contributed by atoms with E-state index in [0.29, 0.717) is 23.6 Å². The molecule has 5 heteroatoms. The predicted molar refractivity (Wildman–Crippen MR) is 143 cm³/mol. The van der Waals surface area contributed by atoms with Gasteiger partial charge >= 0.3 is 0 Å². The van der Waals surface area contributed by atoms with Gasteiger partial charge in [-0.3, -0.25) is 0 Å². The van der Waals surface area contributed by atoms with Crippen molar-refractivity contribution < 1.29 is 0 Å². The van der Waals surface area contributed by atoms with Gasteiger partial charge in [0.25, 0.3) is 0 Å². The number of fused-ring (bicyclic) bond motifs is 1. The van der Waals surface area contributed by atoms with Crippen LogP contribution in [0.25, 0.3) is 11.8 Å². The van der Waals surface area contributed by atoms with Gasteiger partial charge in [0.1, 0.15) is 5.82 Å². The lowest BCUT2D eigenvalue weighted by Crippen LogP contribution is -2.29. The summed E-state index contributed by atoms with van der Waals surface area (Å²) in [6, 6.07) is 16.5. The lowest BCUT2D eigenvalue weighted by Gasteiger charge is -2.36. The Bertz CT molecular complexity index is 1220. The quantitative estimate of drug-likeness (QED) is 0.389. The average molecular weight is 440 g/mol. The van der Waals surface area contributed by atoms with Crippen molar-refractivity contribution in [2.75, 3.05) is 22.5 Å². The number of nitrogens with two attached hydrogens (primary N) is 1. The molecule has 4 rings (SSSR count). The molecular weight excluding hydrogens is 406 g/mol. The van der Waals surface area contributed by atoms with Crippen molar-refractivity contribution in [1.82, 2.24) is 4.98 Å². The first kappa shape index (κ1) is 23.8. The smallest absolute Gasteiger partial charge is 0.134 e. The molecule has 3 aromatic rings. The summed E-state index contributed by atoms with van der Waals surface area (Å²) >= 11 is 0. The van der Waals surface area contributed by atoms with Crippen LogP contribution in [0.15, 0.2) is 67.0 Å². The highest BCUT2D eigenvalue weighted by Gasteiger charge is 2.25. The van der Waals surface area contributed by atoms with Gasteiger partial charge < -0.3 is 21.4 Å². The molecule has 1 aromatic heterocycles. The standard InChI is InChI=1S/C26H27N5.C2H6/c1-16-8-5-6-11-23(16)31-19(4)24-17(2)9-7-10-20(24)14-21(31)15-30-22-12-13-29-26(28)25(22)18(3)27;1-2/h5-14,27H,4,15H2,1-3H3,(H3,28,29,30);1-2H3. The Morgan fingerprint density at radius 3 is 2.45 bits per heavy atom. The Morgan fingerprint density at radius 1 is 1.06 bits per heavy atom. The highest BCUT2D eigenvalue weighted by molar-refractivity contribution is 6.05. The number of rotatable bonds is 5. The molecule has 5 nitrogen and oxygen atoms in total. The molecular formula is C28H33N5. The van der Waals surface area contributed by atoms with E-state index in [2.05, 4.69) is 72.0 Å². The fourth-order valence-electron chi connectivity index (χ4n) is 4.18. The SMILES string of the molecule is C=C1c2c(C)cccc2C=C(CNc2ccnc(N)c2C(C)=N)N1c1ccccc1C.CC. The fourth-order valence-corrected chi connectivity index (χ4v) is 4.18. The summed E-state index contributed by atoms with van der Waals surface area (Å²) in [6.45, 7) is 15.0. The molecule has 0 atom stereocenters. The van der Waals surface area contributed by atoms with Gasteiger partial charge in [-0.25, -0.2) is 4.98 Å². The van der Waals surface area contributed by atoms with E-state index >= 15 is 0 Å². The fraction of sp³-hybridized carbons (Fsp3) is 0.214. The number of nitrogen functional groups attached to an aromatic ring is 1. The van der Waals surface area contributed by atoms with Gasteiger partial charge in [-0.05, 0) is 55.7 Å². The second-order valence-electron chi connectivity index (χ2n) is 7.84. The molecule has 0 aliphatic carbocycles. The van der Waals surface area contributed by atoms with Crippen LogP contribution in [0.5, 0.6) is 0 Å². The molecule has 1 aliphatic heterocycles. The predicted octanol–water partition coefficient (Wildman–Crippen LogP) is 6.64. The molecule has 0 radical (unpaired) electrons. The molecule has 0 spiro atoms. The Kier molecular flexibility index (Phi) is 7.34. The molecule has 1 aliphatic rings. The number of nitrogens with zero attached hydrogens (tertiary/aromatic N) is 2. The van der Waals surface area contributed by atoms with Gasteiger partial charge in [-0.15, -0.1) is 0 Å². The van der Waals surface area contributed by atoms with Crippen molar-refractivity contribution in [1.29, 1.82) is 5.41 Å². The summed E-state index contributed by atoms with van der Waals surface area (Å²) in [5, 5.41) is 11.6. The number of hydrogen-bond acceptors (Lipinski definition) is 5. The number of para-hydroxylation sites is 1. The first-order chi connectivity index (χ1) is 15.9. The van der Waals surface area contributed by atoms with Crippen LogP contribution in [0.2, 0.25) is 0 Å². The first-order valence-corrected chi connectivity index (χ1v) is 11.3. The van der Waals surface area contributed by atoms with E-state index in [1.54, 1.807) is 13.1 Å². The minimum absolute atomic E-state index is 0.358. The van der Waals surface area contributed by atoms with E-state index in [4.69, 9.17) is 11.1 Å². The maximum Gasteiger partial charge on any atom is 0.134 e. The van der Waals surface area contributed by atoms with Crippen LogP contribution in [0, 0.1) is 19.3 Å². The molecule has 0 fully saturated rings. The minimum Gasteiger partial charge on any atom is -0.383 e. The largest absolute Gasteiger partial charge is 0.383 e. The molecule has 0 bridgehead atoms. The van der Waals surface area contributed by atoms with E-state index in [1.807, 2.05) is 32.0 Å². The maximum absolute atomic E-state index is 8.10. The Morgan fingerprint density at radius 2 is 1.76 bits per heavy atom. The van der Waals surface area contributed by atoms with E-state index in [0.717, 1.165) is 28.3 Å². The number of aryl methyl sites for hydroxylation is 2. The molecule has 4 N–H and O–H groups in total. The zero-order valence-electron chi connectivity index (χ0n) is 20.2. The zero-order chi connectivity index (χ0) is 24.1. The van der Waals surface area contributed by atoms with Crippen LogP contribution in [0.3, 0.4) is 0 Å². The summed E-state index contributed by atoms with van der Waals surface area (Å²) in [4.78, 5) is 6.36. The monoisotopic (exact) mass is 439 g/mol. The molecule has 170 valence electrons. The number of benzene rings is 2. The normalized spacial score (nSPS) is 12.3. The average Bonchev–Trinajstić information content (AvgIpc) is 2.79. The Labute approximate surface area is 197 Å². The molecule has 33 heavy (non-hydrogen) atoms. The number of pyridine rings is 1. The van der Waals surface area contributed by atoms with E-state index in [9.17, 15) is 0 Å². The van der Waals surface area contributed by atoms with Crippen LogP contribution in [-0.4, -0.2) is 17.2 Å². The third kappa shape index (κ3) is 4.67. The first-order valence-electron chi connectivity index (χ1n) is 11.3. The molecule has 2 aromatic carbocycles. The lowest BCUT2D eigenvalue weighted by molar-refractivity contribution is 1.08. The lowest BCUT2D eigenvalue weighted by atomic mass is 9.93. The van der Waals surface area contributed by atoms with Gasteiger partial charge in [-0.2, -0.15) is 0 Å². The van der Waals surface area contributed by atoms with Crippen molar-refractivity contribution in [3.05, 3.63) is 94.8 Å². The van der Waals surface area contributed by atoms with E-state index < -0.39 is 0 Å². The van der Waals surface area contributed by atoms with Crippen LogP contribution in [0.4, 0.5) is 17.2 Å². The van der Waals surface area contributed by atoms with E-state index in [-0.39, 0.29) is 0 Å². The minimum atomic E-state index is 0.358. The number of anilines is 3. The number of aromatic nitrogens is 1. The van der Waals surface area contributed by atoms with Crippen molar-refractivity contribution in [3.8, 4) is 0 Å². The van der Waals surface area contributed by atoms with Crippen LogP contribution < -0.4 is 16.0 Å². The molecule has 0 saturated carbocycles. The van der Waals surface area contributed by atoms with Crippen molar-refractivity contribution in [2.24, 2.45) is 0 Å². The second kappa shape index (κ2) is 10.2. The summed E-state index contributed by atoms with van der Waals surface area (Å²) in [7, 11) is 0. The molecule has 0 unspecified atom stereocenters. The summed E-state index contributed by atoms with van der Waals surface area (Å²) < 4.78 is 0. The van der Waals surface area contributed by atoms with Gasteiger partial charge in [0, 0.05) is 40.2 Å². The Balaban J connectivity index is 0.00000149. The molecule has 0 amide bonds. The zero-order valence-corrected chi connectivity index (χ0v) is 20.2. The van der Waals surface area contributed by atoms with Crippen LogP contribution in [0.1, 0.15) is 48.6 Å². The highest BCUT2D eigenvalue weighted by atomic mass is 15.2. The van der Waals surface area contributed by atoms with Gasteiger partial charge in [0.2, 0.25) is 0 Å². The van der Waals surface area contributed by atoms with Crippen molar-refractivity contribution in [2.45, 2.75) is 34.6 Å². The topological polar surface area (TPSA) is 78.0 Å². The third-order valence-corrected chi connectivity index (χ3v) is 5.64. The van der Waals surface area contributed by atoms with Gasteiger partial charge in [0.05, 0.1) is 12.1 Å². The Hall–Kier alpha value is -3.86. The van der Waals surface area contributed by atoms with Crippen molar-refractivity contribution >= 4 is 34.7 Å². The third-order valence-electron chi connectivity index (χ3n) is 5.64. The molecule has 2 heterocycles. The van der Waals surface area contributed by atoms with E-state index in [1.165, 1.54) is 16.7 Å². The van der Waals surface area contributed by atoms with Gasteiger partial charge in [0.15, 0.2) is 0 Å². The van der Waals surface area contributed by atoms with Crippen LogP contribution >= 0.6 is 0 Å². The van der Waals surface area contributed by atoms with Crippen LogP contribution in [-0.2, 0) is 0 Å². The second-order valence-corrected chi connectivity index (χ2v) is 7.84. The summed E-state index contributed by atoms with van der Waals surface area (Å²) in [6.07, 6.45) is 3.87. The molecule has 0 saturated heterocycles. The summed E-state index contributed by atoms with van der Waals surface area (Å²) in [5.74, 6) is 0.358. The van der Waals surface area contributed by atoms with Gasteiger partial charge in [-0.1, -0.05) is 56.8 Å². The number of hydrogen-bond donors (Lipinski definition) is 3. The van der Waals surface area contributed by atoms with Crippen molar-refractivity contribution in [3.63, 3.8) is 0 Å². The maximum atomic E-state index is 8.10. The highest BCUT2D eigenvalue weighted by Crippen LogP contribution is 2.39. The number of nitrogens with one attached hydrogen (secondary N) is 2.